The van der Waals surface area contributed by atoms with Crippen LogP contribution in [0, 0.1) is 5.92 Å². The summed E-state index contributed by atoms with van der Waals surface area (Å²) in [7, 11) is 0. The van der Waals surface area contributed by atoms with Gasteiger partial charge in [0.05, 0.1) is 0 Å². The average molecular weight is 299 g/mol. The van der Waals surface area contributed by atoms with Crippen molar-refractivity contribution in [2.75, 3.05) is 0 Å². The van der Waals surface area contributed by atoms with E-state index in [0.29, 0.717) is 12.3 Å². The number of ether oxygens (including phenoxy) is 2. The Bertz CT molecular complexity index is 400. The smallest absolute Gasteiger partial charge is 0.338 e. The fourth-order valence-electron chi connectivity index (χ4n) is 1.76. The Balaban J connectivity index is 2.05. The zero-order chi connectivity index (χ0) is 12.4. The van der Waals surface area contributed by atoms with Crippen LogP contribution in [0.25, 0.3) is 0 Å². The van der Waals surface area contributed by atoms with Gasteiger partial charge in [-0.2, -0.15) is 0 Å². The summed E-state index contributed by atoms with van der Waals surface area (Å²) in [5.74, 6) is 0.155. The molecule has 1 aromatic rings. The predicted octanol–water partition coefficient (Wildman–Crippen LogP) is 3.44. The normalized spacial score (nSPS) is 24.1. The summed E-state index contributed by atoms with van der Waals surface area (Å²) < 4.78 is 11.8. The van der Waals surface area contributed by atoms with Crippen LogP contribution in [-0.4, -0.2) is 12.1 Å². The summed E-state index contributed by atoms with van der Waals surface area (Å²) in [6.45, 7) is 4.12. The Morgan fingerprint density at radius 3 is 2.53 bits per heavy atom. The van der Waals surface area contributed by atoms with E-state index in [1.54, 1.807) is 0 Å². The van der Waals surface area contributed by atoms with Gasteiger partial charge < -0.3 is 9.47 Å². The Morgan fingerprint density at radius 2 is 1.94 bits per heavy atom. The van der Waals surface area contributed by atoms with E-state index in [9.17, 15) is 4.79 Å². The fraction of sp³-hybridized carbons (Fsp3) is 0.462. The molecule has 0 bridgehead atoms. The van der Waals surface area contributed by atoms with Crippen LogP contribution >= 0.6 is 15.9 Å². The van der Waals surface area contributed by atoms with Crippen LogP contribution in [0.4, 0.5) is 0 Å². The lowest BCUT2D eigenvalue weighted by Crippen LogP contribution is -2.18. The molecular formula is C13H15BrO3. The number of rotatable bonds is 3. The number of esters is 1. The van der Waals surface area contributed by atoms with E-state index < -0.39 is 12.4 Å². The Morgan fingerprint density at radius 1 is 1.29 bits per heavy atom. The van der Waals surface area contributed by atoms with Gasteiger partial charge in [0.15, 0.2) is 6.10 Å². The van der Waals surface area contributed by atoms with Crippen molar-refractivity contribution in [3.63, 3.8) is 0 Å². The van der Waals surface area contributed by atoms with Crippen LogP contribution < -0.4 is 0 Å². The largest absolute Gasteiger partial charge is 0.429 e. The first-order valence-electron chi connectivity index (χ1n) is 5.67. The standard InChI is InChI=1S/C13H15BrO3/c1-8(2)7-11-12(15)17-13(16-11)9-3-5-10(14)6-4-9/h3-6,8,11,13H,7H2,1-2H3/t11-,13?/m0/s1. The van der Waals surface area contributed by atoms with Gasteiger partial charge in [-0.15, -0.1) is 0 Å². The Labute approximate surface area is 109 Å². The maximum Gasteiger partial charge on any atom is 0.338 e. The topological polar surface area (TPSA) is 35.5 Å². The lowest BCUT2D eigenvalue weighted by molar-refractivity contribution is -0.144. The van der Waals surface area contributed by atoms with Crippen LogP contribution in [0.2, 0.25) is 0 Å². The van der Waals surface area contributed by atoms with Crippen molar-refractivity contribution in [1.82, 2.24) is 0 Å². The first-order valence-corrected chi connectivity index (χ1v) is 6.47. The predicted molar refractivity (Wildman–Crippen MR) is 67.3 cm³/mol. The zero-order valence-electron chi connectivity index (χ0n) is 9.85. The minimum Gasteiger partial charge on any atom is -0.429 e. The van der Waals surface area contributed by atoms with E-state index in [0.717, 1.165) is 10.0 Å². The molecule has 2 atom stereocenters. The third-order valence-corrected chi connectivity index (χ3v) is 3.13. The van der Waals surface area contributed by atoms with Crippen LogP contribution in [-0.2, 0) is 14.3 Å². The third kappa shape index (κ3) is 3.07. The zero-order valence-corrected chi connectivity index (χ0v) is 11.4. The van der Waals surface area contributed by atoms with Crippen LogP contribution in [0.15, 0.2) is 28.7 Å². The first-order chi connectivity index (χ1) is 8.06. The molecule has 3 nitrogen and oxygen atoms in total. The maximum absolute atomic E-state index is 11.6. The molecule has 0 saturated carbocycles. The number of carbonyl (C=O) groups is 1. The molecule has 0 aromatic heterocycles. The maximum atomic E-state index is 11.6. The van der Waals surface area contributed by atoms with E-state index in [2.05, 4.69) is 29.8 Å². The molecule has 1 unspecified atom stereocenters. The summed E-state index contributed by atoms with van der Waals surface area (Å²) >= 11 is 3.36. The van der Waals surface area contributed by atoms with Gasteiger partial charge in [0.25, 0.3) is 0 Å². The number of halogens is 1. The first kappa shape index (κ1) is 12.6. The molecule has 1 heterocycles. The SMILES string of the molecule is CC(C)C[C@@H]1OC(c2ccc(Br)cc2)OC1=O. The molecule has 0 aliphatic carbocycles. The quantitative estimate of drug-likeness (QED) is 0.802. The van der Waals surface area contributed by atoms with Crippen LogP contribution in [0.1, 0.15) is 32.1 Å². The summed E-state index contributed by atoms with van der Waals surface area (Å²) in [6.07, 6.45) is -0.283. The van der Waals surface area contributed by atoms with Gasteiger partial charge >= 0.3 is 5.97 Å². The summed E-state index contributed by atoms with van der Waals surface area (Å²) in [5.41, 5.74) is 0.868. The summed E-state index contributed by atoms with van der Waals surface area (Å²) in [5, 5.41) is 0. The highest BCUT2D eigenvalue weighted by molar-refractivity contribution is 9.10. The molecule has 1 aromatic carbocycles. The van der Waals surface area contributed by atoms with Crippen LogP contribution in [0.3, 0.4) is 0 Å². The second-order valence-electron chi connectivity index (χ2n) is 4.57. The second kappa shape index (κ2) is 5.19. The lowest BCUT2D eigenvalue weighted by atomic mass is 10.1. The molecule has 1 aliphatic heterocycles. The van der Waals surface area contributed by atoms with Gasteiger partial charge in [-0.05, 0) is 24.5 Å². The number of cyclic esters (lactones) is 1. The molecule has 4 heteroatoms. The molecule has 2 rings (SSSR count). The highest BCUT2D eigenvalue weighted by Gasteiger charge is 2.36. The molecular weight excluding hydrogens is 284 g/mol. The van der Waals surface area contributed by atoms with E-state index in [1.807, 2.05) is 24.3 Å². The number of benzene rings is 1. The fourth-order valence-corrected chi connectivity index (χ4v) is 2.02. The van der Waals surface area contributed by atoms with Gasteiger partial charge in [-0.3, -0.25) is 0 Å². The second-order valence-corrected chi connectivity index (χ2v) is 5.49. The van der Waals surface area contributed by atoms with E-state index in [4.69, 9.17) is 9.47 Å². The molecule has 0 amide bonds. The van der Waals surface area contributed by atoms with Crippen molar-refractivity contribution in [3.05, 3.63) is 34.3 Å². The van der Waals surface area contributed by atoms with E-state index in [1.165, 1.54) is 0 Å². The molecule has 1 fully saturated rings. The minimum atomic E-state index is -0.556. The van der Waals surface area contributed by atoms with Crippen molar-refractivity contribution in [2.45, 2.75) is 32.7 Å². The third-order valence-electron chi connectivity index (χ3n) is 2.60. The van der Waals surface area contributed by atoms with Gasteiger partial charge in [0.2, 0.25) is 6.29 Å². The number of hydrogen-bond acceptors (Lipinski definition) is 3. The van der Waals surface area contributed by atoms with Gasteiger partial charge in [-0.1, -0.05) is 41.9 Å². The molecule has 0 radical (unpaired) electrons. The monoisotopic (exact) mass is 298 g/mol. The molecule has 92 valence electrons. The van der Waals surface area contributed by atoms with Gasteiger partial charge in [0, 0.05) is 10.0 Å². The molecule has 1 aliphatic rings. The average Bonchev–Trinajstić information content (AvgIpc) is 2.60. The minimum absolute atomic E-state index is 0.258. The van der Waals surface area contributed by atoms with E-state index in [-0.39, 0.29) is 5.97 Å². The number of hydrogen-bond donors (Lipinski definition) is 0. The van der Waals surface area contributed by atoms with Crippen molar-refractivity contribution in [2.24, 2.45) is 5.92 Å². The Kier molecular flexibility index (Phi) is 3.84. The van der Waals surface area contributed by atoms with E-state index >= 15 is 0 Å². The summed E-state index contributed by atoms with van der Waals surface area (Å²) in [6, 6.07) is 7.59. The van der Waals surface area contributed by atoms with Crippen LogP contribution in [0.5, 0.6) is 0 Å². The van der Waals surface area contributed by atoms with Crippen molar-refractivity contribution >= 4 is 21.9 Å². The van der Waals surface area contributed by atoms with Crippen molar-refractivity contribution in [1.29, 1.82) is 0 Å². The highest BCUT2D eigenvalue weighted by Crippen LogP contribution is 2.31. The number of carbonyl (C=O) groups excluding carboxylic acids is 1. The molecule has 17 heavy (non-hydrogen) atoms. The summed E-state index contributed by atoms with van der Waals surface area (Å²) in [4.78, 5) is 11.6. The highest BCUT2D eigenvalue weighted by atomic mass is 79.9. The molecule has 0 spiro atoms. The Hall–Kier alpha value is -0.870. The van der Waals surface area contributed by atoms with Crippen molar-refractivity contribution < 1.29 is 14.3 Å². The molecule has 1 saturated heterocycles. The lowest BCUT2D eigenvalue weighted by Gasteiger charge is -2.11. The molecule has 0 N–H and O–H groups in total. The van der Waals surface area contributed by atoms with Gasteiger partial charge in [-0.25, -0.2) is 4.79 Å². The van der Waals surface area contributed by atoms with Gasteiger partial charge in [0.1, 0.15) is 0 Å². The van der Waals surface area contributed by atoms with Crippen molar-refractivity contribution in [3.8, 4) is 0 Å².